The minimum atomic E-state index is -6.62. The summed E-state index contributed by atoms with van der Waals surface area (Å²) < 4.78 is 93.3. The van der Waals surface area contributed by atoms with E-state index < -0.39 is 47.5 Å². The first-order chi connectivity index (χ1) is 15.7. The monoisotopic (exact) mass is 515 g/mol. The number of nitroso groups, excluding NO2 is 1. The summed E-state index contributed by atoms with van der Waals surface area (Å²) in [5.41, 5.74) is -3.22. The lowest BCUT2D eigenvalue weighted by Gasteiger charge is -2.36. The second-order valence-corrected chi connectivity index (χ2v) is 7.96. The van der Waals surface area contributed by atoms with Crippen LogP contribution in [0.1, 0.15) is 11.4 Å². The van der Waals surface area contributed by atoms with Crippen LogP contribution >= 0.6 is 11.6 Å². The first-order valence-electron chi connectivity index (χ1n) is 9.72. The molecule has 2 heterocycles. The predicted octanol–water partition coefficient (Wildman–Crippen LogP) is 4.88. The molecule has 0 radical (unpaired) electrons. The molecule has 0 bridgehead atoms. The summed E-state index contributed by atoms with van der Waals surface area (Å²) in [5.74, 6) is -13.1. The van der Waals surface area contributed by atoms with Crippen LogP contribution in [0.15, 0.2) is 29.4 Å². The number of piperazine rings is 1. The van der Waals surface area contributed by atoms with Crippen LogP contribution in [0.5, 0.6) is 0 Å². The van der Waals surface area contributed by atoms with Crippen molar-refractivity contribution in [2.45, 2.75) is 31.5 Å². The van der Waals surface area contributed by atoms with Crippen LogP contribution in [0.25, 0.3) is 0 Å². The van der Waals surface area contributed by atoms with Gasteiger partial charge in [-0.2, -0.15) is 35.8 Å². The molecule has 0 N–H and O–H groups in total. The van der Waals surface area contributed by atoms with Crippen molar-refractivity contribution in [3.05, 3.63) is 45.6 Å². The van der Waals surface area contributed by atoms with Gasteiger partial charge in [-0.3, -0.25) is 9.48 Å². The van der Waals surface area contributed by atoms with E-state index in [1.807, 2.05) is 4.90 Å². The highest BCUT2D eigenvalue weighted by molar-refractivity contribution is 6.30. The van der Waals surface area contributed by atoms with Gasteiger partial charge in [0.25, 0.3) is 0 Å². The molecule has 1 fully saturated rings. The number of anilines is 1. The third-order valence-electron chi connectivity index (χ3n) is 5.42. The number of carbonyl (C=O) groups excluding carboxylic acids is 1. The summed E-state index contributed by atoms with van der Waals surface area (Å²) in [5, 5.41) is 5.78. The largest absolute Gasteiger partial charge is 0.460 e. The molecule has 2 aromatic rings. The summed E-state index contributed by atoms with van der Waals surface area (Å²) in [6, 6.07) is 6.98. The van der Waals surface area contributed by atoms with Crippen molar-refractivity contribution in [3.63, 3.8) is 0 Å². The van der Waals surface area contributed by atoms with Crippen molar-refractivity contribution >= 4 is 28.9 Å². The lowest BCUT2D eigenvalue weighted by atomic mass is 10.1. The molecule has 0 spiro atoms. The average Bonchev–Trinajstić information content (AvgIpc) is 3.09. The molecule has 186 valence electrons. The second-order valence-electron chi connectivity index (χ2n) is 7.52. The van der Waals surface area contributed by atoms with Gasteiger partial charge in [0.05, 0.1) is 5.69 Å². The number of amides is 1. The smallest absolute Gasteiger partial charge is 0.368 e. The van der Waals surface area contributed by atoms with Crippen molar-refractivity contribution in [2.75, 3.05) is 31.1 Å². The summed E-state index contributed by atoms with van der Waals surface area (Å²) in [6.07, 6.45) is -6.62. The number of hydrogen-bond acceptors (Lipinski definition) is 5. The van der Waals surface area contributed by atoms with Gasteiger partial charge in [-0.05, 0) is 36.4 Å². The van der Waals surface area contributed by atoms with Gasteiger partial charge in [0, 0.05) is 36.9 Å². The van der Waals surface area contributed by atoms with Crippen LogP contribution in [-0.2, 0) is 17.3 Å². The second kappa shape index (κ2) is 9.04. The number of hydrogen-bond donors (Lipinski definition) is 0. The maximum atomic E-state index is 14.1. The molecule has 0 saturated carbocycles. The number of aromatic nitrogens is 2. The van der Waals surface area contributed by atoms with Crippen LogP contribution in [-0.4, -0.2) is 58.9 Å². The van der Waals surface area contributed by atoms with E-state index in [4.69, 9.17) is 11.6 Å². The zero-order valence-electron chi connectivity index (χ0n) is 17.4. The molecule has 1 aliphatic rings. The Morgan fingerprint density at radius 1 is 1.03 bits per heavy atom. The fraction of sp³-hybridized carbons (Fsp3) is 0.474. The van der Waals surface area contributed by atoms with E-state index in [0.29, 0.717) is 22.8 Å². The van der Waals surface area contributed by atoms with Gasteiger partial charge in [0.1, 0.15) is 6.54 Å². The van der Waals surface area contributed by atoms with Crippen LogP contribution in [0.2, 0.25) is 5.02 Å². The molecule has 7 nitrogen and oxygen atoms in total. The third kappa shape index (κ3) is 4.55. The van der Waals surface area contributed by atoms with Gasteiger partial charge in [-0.15, -0.1) is 4.91 Å². The van der Waals surface area contributed by atoms with Crippen molar-refractivity contribution < 1.29 is 35.5 Å². The Hall–Kier alpha value is -2.90. The first kappa shape index (κ1) is 25.7. The highest BCUT2D eigenvalue weighted by atomic mass is 35.5. The fourth-order valence-electron chi connectivity index (χ4n) is 3.43. The van der Waals surface area contributed by atoms with E-state index in [-0.39, 0.29) is 13.1 Å². The molecule has 1 amide bonds. The van der Waals surface area contributed by atoms with Gasteiger partial charge >= 0.3 is 18.0 Å². The Morgan fingerprint density at radius 2 is 1.59 bits per heavy atom. The maximum Gasteiger partial charge on any atom is 0.460 e. The van der Waals surface area contributed by atoms with Gasteiger partial charge in [0.2, 0.25) is 5.91 Å². The quantitative estimate of drug-likeness (QED) is 0.406. The highest BCUT2D eigenvalue weighted by Gasteiger charge is 2.75. The van der Waals surface area contributed by atoms with Crippen LogP contribution < -0.4 is 4.90 Å². The first-order valence-corrected chi connectivity index (χ1v) is 10.1. The molecule has 34 heavy (non-hydrogen) atoms. The third-order valence-corrected chi connectivity index (χ3v) is 5.68. The molecule has 3 rings (SSSR count). The molecule has 15 heteroatoms. The number of nitrogens with zero attached hydrogens (tertiary/aromatic N) is 5. The van der Waals surface area contributed by atoms with E-state index in [1.54, 1.807) is 24.3 Å². The van der Waals surface area contributed by atoms with E-state index in [9.17, 15) is 40.4 Å². The molecule has 0 aliphatic carbocycles. The van der Waals surface area contributed by atoms with Crippen LogP contribution in [0.4, 0.5) is 42.1 Å². The molecular weight excluding hydrogens is 499 g/mol. The minimum Gasteiger partial charge on any atom is -0.368 e. The van der Waals surface area contributed by atoms with Gasteiger partial charge in [-0.25, -0.2) is 0 Å². The molecule has 1 aromatic carbocycles. The van der Waals surface area contributed by atoms with E-state index >= 15 is 0 Å². The van der Waals surface area contributed by atoms with E-state index in [1.165, 1.54) is 4.90 Å². The molecule has 1 aromatic heterocycles. The molecule has 1 aliphatic heterocycles. The molecular formula is C19H17ClF7N5O2. The zero-order chi connectivity index (χ0) is 25.5. The fourth-order valence-corrected chi connectivity index (χ4v) is 3.56. The van der Waals surface area contributed by atoms with Crippen molar-refractivity contribution in [1.82, 2.24) is 14.7 Å². The lowest BCUT2D eigenvalue weighted by Crippen LogP contribution is -2.50. The van der Waals surface area contributed by atoms with Crippen molar-refractivity contribution in [3.8, 4) is 0 Å². The summed E-state index contributed by atoms with van der Waals surface area (Å²) in [7, 11) is 0. The highest BCUT2D eigenvalue weighted by Crippen LogP contribution is 2.53. The number of carbonyl (C=O) groups is 1. The Labute approximate surface area is 193 Å². The summed E-state index contributed by atoms with van der Waals surface area (Å²) in [4.78, 5) is 26.9. The Balaban J connectivity index is 1.76. The minimum absolute atomic E-state index is 0.218. The van der Waals surface area contributed by atoms with E-state index in [0.717, 1.165) is 12.6 Å². The molecule has 1 saturated heterocycles. The van der Waals surface area contributed by atoms with Crippen molar-refractivity contribution in [2.24, 2.45) is 5.18 Å². The van der Waals surface area contributed by atoms with Crippen LogP contribution in [0.3, 0.4) is 0 Å². The Kier molecular flexibility index (Phi) is 6.84. The number of alkyl halides is 7. The number of benzene rings is 1. The normalized spacial score (nSPS) is 15.6. The van der Waals surface area contributed by atoms with E-state index in [2.05, 4.69) is 10.3 Å². The van der Waals surface area contributed by atoms with Gasteiger partial charge in [0.15, 0.2) is 11.4 Å². The summed E-state index contributed by atoms with van der Waals surface area (Å²) >= 11 is 5.85. The topological polar surface area (TPSA) is 70.8 Å². The Morgan fingerprint density at radius 3 is 2.09 bits per heavy atom. The summed E-state index contributed by atoms with van der Waals surface area (Å²) in [6.45, 7) is 1.46. The SMILES string of the molecule is Cc1c(N=O)c(C(F)(F)C(F)(F)C(F)(F)F)nn1CC(=O)N1CCN(c2ccc(Cl)cc2)CC1. The van der Waals surface area contributed by atoms with Crippen molar-refractivity contribution in [1.29, 1.82) is 0 Å². The standard InChI is InChI=1S/C19H17ClF7N5O2/c1-11-15(29-34)16(17(21,22)18(23,24)19(25,26)27)28-32(11)10-14(33)31-8-6-30(7-9-31)13-4-2-12(20)3-5-13/h2-5H,6-10H2,1H3. The predicted molar refractivity (Wildman–Crippen MR) is 108 cm³/mol. The maximum absolute atomic E-state index is 14.1. The average molecular weight is 516 g/mol. The molecule has 0 atom stereocenters. The van der Waals surface area contributed by atoms with Gasteiger partial charge in [-0.1, -0.05) is 11.6 Å². The van der Waals surface area contributed by atoms with Crippen LogP contribution in [0, 0.1) is 11.8 Å². The zero-order valence-corrected chi connectivity index (χ0v) is 18.2. The Bertz CT molecular complexity index is 1060. The number of halogens is 8. The lowest BCUT2D eigenvalue weighted by molar-refractivity contribution is -0.360. The van der Waals surface area contributed by atoms with Gasteiger partial charge < -0.3 is 9.80 Å². The number of rotatable bonds is 6. The molecule has 0 unspecified atom stereocenters.